The van der Waals surface area contributed by atoms with Crippen LogP contribution in [0.3, 0.4) is 0 Å². The number of carboxylic acid groups (broad SMARTS) is 1. The SMILES string of the molecule is CC(C)(C)OCC(C(=O)[O-])n1ccnc1.[Na+]. The van der Waals surface area contributed by atoms with Gasteiger partial charge in [0.2, 0.25) is 0 Å². The summed E-state index contributed by atoms with van der Waals surface area (Å²) in [5, 5.41) is 10.9. The number of aliphatic carboxylic acids is 1. The van der Waals surface area contributed by atoms with Gasteiger partial charge >= 0.3 is 29.6 Å². The Labute approximate surface area is 117 Å². The molecule has 1 aromatic heterocycles. The molecule has 0 radical (unpaired) electrons. The van der Waals surface area contributed by atoms with Gasteiger partial charge in [-0.15, -0.1) is 0 Å². The van der Waals surface area contributed by atoms with Gasteiger partial charge in [-0.25, -0.2) is 4.98 Å². The molecule has 0 aliphatic heterocycles. The molecule has 1 aromatic rings. The van der Waals surface area contributed by atoms with Crippen LogP contribution < -0.4 is 34.7 Å². The summed E-state index contributed by atoms with van der Waals surface area (Å²) in [5.74, 6) is -1.17. The Morgan fingerprint density at radius 2 is 2.19 bits per heavy atom. The molecule has 0 saturated carbocycles. The molecular weight excluding hydrogens is 219 g/mol. The normalized spacial score (nSPS) is 12.9. The van der Waals surface area contributed by atoms with E-state index in [0.717, 1.165) is 0 Å². The van der Waals surface area contributed by atoms with Crippen LogP contribution in [0.25, 0.3) is 0 Å². The zero-order chi connectivity index (χ0) is 11.5. The van der Waals surface area contributed by atoms with Gasteiger partial charge in [0.15, 0.2) is 0 Å². The van der Waals surface area contributed by atoms with Gasteiger partial charge in [0.1, 0.15) is 0 Å². The summed E-state index contributed by atoms with van der Waals surface area (Å²) < 4.78 is 6.87. The molecule has 1 rings (SSSR count). The summed E-state index contributed by atoms with van der Waals surface area (Å²) in [4.78, 5) is 14.7. The minimum Gasteiger partial charge on any atom is -0.548 e. The largest absolute Gasteiger partial charge is 1.00 e. The number of imidazole rings is 1. The van der Waals surface area contributed by atoms with E-state index in [4.69, 9.17) is 4.74 Å². The van der Waals surface area contributed by atoms with Crippen LogP contribution in [-0.2, 0) is 9.53 Å². The van der Waals surface area contributed by atoms with Crippen molar-refractivity contribution in [1.29, 1.82) is 0 Å². The van der Waals surface area contributed by atoms with Crippen molar-refractivity contribution in [1.82, 2.24) is 9.55 Å². The Bertz CT molecular complexity index is 319. The molecule has 0 saturated heterocycles. The third-order valence-corrected chi connectivity index (χ3v) is 1.83. The maximum absolute atomic E-state index is 10.9. The van der Waals surface area contributed by atoms with Crippen molar-refractivity contribution in [3.63, 3.8) is 0 Å². The summed E-state index contributed by atoms with van der Waals surface area (Å²) in [5.41, 5.74) is -0.367. The van der Waals surface area contributed by atoms with Crippen LogP contribution in [0.2, 0.25) is 0 Å². The number of hydrogen-bond donors (Lipinski definition) is 0. The second kappa shape index (κ2) is 6.39. The van der Waals surface area contributed by atoms with Gasteiger partial charge < -0.3 is 19.2 Å². The molecule has 1 unspecified atom stereocenters. The first-order valence-electron chi connectivity index (χ1n) is 4.72. The van der Waals surface area contributed by atoms with Crippen molar-refractivity contribution < 1.29 is 44.2 Å². The minimum absolute atomic E-state index is 0. The molecule has 16 heavy (non-hydrogen) atoms. The number of carboxylic acids is 1. The fourth-order valence-corrected chi connectivity index (χ4v) is 1.06. The fraction of sp³-hybridized carbons (Fsp3) is 0.600. The smallest absolute Gasteiger partial charge is 0.548 e. The van der Waals surface area contributed by atoms with Crippen LogP contribution in [0.4, 0.5) is 0 Å². The van der Waals surface area contributed by atoms with Crippen LogP contribution in [0.1, 0.15) is 26.8 Å². The zero-order valence-corrected chi connectivity index (χ0v) is 12.1. The average Bonchev–Trinajstić information content (AvgIpc) is 2.54. The van der Waals surface area contributed by atoms with E-state index in [2.05, 4.69) is 4.98 Å². The Morgan fingerprint density at radius 1 is 1.56 bits per heavy atom. The van der Waals surface area contributed by atoms with Gasteiger partial charge in [-0.1, -0.05) is 0 Å². The molecule has 0 aromatic carbocycles. The Kier molecular flexibility index (Phi) is 6.25. The molecule has 0 aliphatic rings. The molecule has 6 heteroatoms. The average molecular weight is 234 g/mol. The van der Waals surface area contributed by atoms with Gasteiger partial charge in [-0.05, 0) is 20.8 Å². The number of aromatic nitrogens is 2. The predicted octanol–water partition coefficient (Wildman–Crippen LogP) is -3.01. The minimum atomic E-state index is -1.17. The molecule has 1 heterocycles. The molecule has 0 fully saturated rings. The molecular formula is C10H15N2NaO3. The van der Waals surface area contributed by atoms with Crippen molar-refractivity contribution in [3.8, 4) is 0 Å². The first-order chi connectivity index (χ1) is 6.90. The molecule has 0 N–H and O–H groups in total. The van der Waals surface area contributed by atoms with Crippen molar-refractivity contribution in [3.05, 3.63) is 18.7 Å². The van der Waals surface area contributed by atoms with E-state index in [9.17, 15) is 9.90 Å². The summed E-state index contributed by atoms with van der Waals surface area (Å²) >= 11 is 0. The van der Waals surface area contributed by atoms with Gasteiger partial charge in [-0.2, -0.15) is 0 Å². The topological polar surface area (TPSA) is 67.2 Å². The summed E-state index contributed by atoms with van der Waals surface area (Å²) in [6.45, 7) is 5.68. The first kappa shape index (κ1) is 15.6. The second-order valence-corrected chi connectivity index (χ2v) is 4.27. The van der Waals surface area contributed by atoms with E-state index >= 15 is 0 Å². The van der Waals surface area contributed by atoms with Crippen LogP contribution in [0.5, 0.6) is 0 Å². The molecule has 1 atom stereocenters. The Balaban J connectivity index is 0.00000225. The van der Waals surface area contributed by atoms with E-state index in [-0.39, 0.29) is 41.8 Å². The number of ether oxygens (including phenoxy) is 1. The fourth-order valence-electron chi connectivity index (χ4n) is 1.06. The van der Waals surface area contributed by atoms with Crippen LogP contribution in [0, 0.1) is 0 Å². The van der Waals surface area contributed by atoms with E-state index < -0.39 is 12.0 Å². The second-order valence-electron chi connectivity index (χ2n) is 4.27. The Morgan fingerprint density at radius 3 is 2.56 bits per heavy atom. The van der Waals surface area contributed by atoms with Crippen molar-refractivity contribution in [2.24, 2.45) is 0 Å². The third kappa shape index (κ3) is 5.12. The van der Waals surface area contributed by atoms with Crippen molar-refractivity contribution in [2.45, 2.75) is 32.4 Å². The van der Waals surface area contributed by atoms with Crippen LogP contribution in [-0.4, -0.2) is 27.7 Å². The summed E-state index contributed by atoms with van der Waals surface area (Å²) in [7, 11) is 0. The van der Waals surface area contributed by atoms with E-state index in [1.807, 2.05) is 20.8 Å². The number of carbonyl (C=O) groups excluding carboxylic acids is 1. The summed E-state index contributed by atoms with van der Waals surface area (Å²) in [6, 6.07) is -0.827. The Hall–Kier alpha value is -0.360. The van der Waals surface area contributed by atoms with Gasteiger partial charge in [-0.3, -0.25) is 0 Å². The van der Waals surface area contributed by atoms with E-state index in [1.165, 1.54) is 17.1 Å². The van der Waals surface area contributed by atoms with Crippen molar-refractivity contribution in [2.75, 3.05) is 6.61 Å². The van der Waals surface area contributed by atoms with Crippen molar-refractivity contribution >= 4 is 5.97 Å². The van der Waals surface area contributed by atoms with Gasteiger partial charge in [0.05, 0.1) is 30.5 Å². The molecule has 0 bridgehead atoms. The molecule has 0 spiro atoms. The predicted molar refractivity (Wildman–Crippen MR) is 52.0 cm³/mol. The number of carbonyl (C=O) groups is 1. The van der Waals surface area contributed by atoms with Gasteiger partial charge in [0, 0.05) is 12.4 Å². The van der Waals surface area contributed by atoms with Gasteiger partial charge in [0.25, 0.3) is 0 Å². The monoisotopic (exact) mass is 234 g/mol. The number of nitrogens with zero attached hydrogens (tertiary/aromatic N) is 2. The maximum Gasteiger partial charge on any atom is 1.00 e. The summed E-state index contributed by atoms with van der Waals surface area (Å²) in [6.07, 6.45) is 4.53. The molecule has 0 amide bonds. The molecule has 0 aliphatic carbocycles. The van der Waals surface area contributed by atoms with Crippen LogP contribution in [0.15, 0.2) is 18.7 Å². The van der Waals surface area contributed by atoms with E-state index in [0.29, 0.717) is 0 Å². The zero-order valence-electron chi connectivity index (χ0n) is 10.1. The standard InChI is InChI=1S/C10H16N2O3.Na/c1-10(2,3)15-6-8(9(13)14)12-5-4-11-7-12;/h4-5,7-8H,6H2,1-3H3,(H,13,14);/q;+1/p-1. The first-order valence-corrected chi connectivity index (χ1v) is 4.72. The number of rotatable bonds is 4. The number of hydrogen-bond acceptors (Lipinski definition) is 4. The molecule has 84 valence electrons. The van der Waals surface area contributed by atoms with E-state index in [1.54, 1.807) is 6.20 Å². The quantitative estimate of drug-likeness (QED) is 0.521. The maximum atomic E-state index is 10.9. The third-order valence-electron chi connectivity index (χ3n) is 1.83. The molecule has 5 nitrogen and oxygen atoms in total. The van der Waals surface area contributed by atoms with Crippen LogP contribution >= 0.6 is 0 Å².